The fourth-order valence-electron chi connectivity index (χ4n) is 2.94. The van der Waals surface area contributed by atoms with Gasteiger partial charge in [0.25, 0.3) is 0 Å². The molecule has 2 N–H and O–H groups in total. The molecule has 0 spiro atoms. The van der Waals surface area contributed by atoms with Gasteiger partial charge in [-0.3, -0.25) is 32.7 Å². The molecule has 1 saturated heterocycles. The molecule has 2 unspecified atom stereocenters. The minimum atomic E-state index is -3.81. The highest BCUT2D eigenvalue weighted by Crippen LogP contribution is 2.57. The number of phosphoric acid groups is 1. The van der Waals surface area contributed by atoms with E-state index in [-0.39, 0.29) is 58.3 Å². The molecule has 1 fully saturated rings. The number of amides is 2. The summed E-state index contributed by atoms with van der Waals surface area (Å²) in [7, 11) is -3.81. The smallest absolute Gasteiger partial charge is 0.466 e. The van der Waals surface area contributed by atoms with E-state index in [4.69, 9.17) is 23.0 Å². The van der Waals surface area contributed by atoms with E-state index >= 15 is 0 Å². The Morgan fingerprint density at radius 2 is 1.74 bits per heavy atom. The normalized spacial score (nSPS) is 22.0. The predicted octanol–water partition coefficient (Wildman–Crippen LogP) is 1.81. The molecule has 0 aliphatic carbocycles. The lowest BCUT2D eigenvalue weighted by atomic mass is 9.87. The number of phosphoric ester groups is 1. The number of rotatable bonds is 15. The van der Waals surface area contributed by atoms with Gasteiger partial charge in [0, 0.05) is 30.7 Å². The molecule has 1 aliphatic rings. The van der Waals surface area contributed by atoms with Crippen molar-refractivity contribution in [2.75, 3.05) is 45.3 Å². The maximum absolute atomic E-state index is 12.6. The molecule has 1 aliphatic heterocycles. The van der Waals surface area contributed by atoms with Gasteiger partial charge in [-0.1, -0.05) is 13.8 Å². The van der Waals surface area contributed by atoms with Crippen molar-refractivity contribution in [1.29, 1.82) is 0 Å². The van der Waals surface area contributed by atoms with E-state index in [9.17, 15) is 23.7 Å². The first-order valence-electron chi connectivity index (χ1n) is 11.5. The Hall–Kier alpha value is -1.66. The summed E-state index contributed by atoms with van der Waals surface area (Å²) in [6.07, 6.45) is -1.17. The zero-order valence-corrected chi connectivity index (χ0v) is 22.7. The second-order valence-electron chi connectivity index (χ2n) is 8.12. The zero-order valence-electron chi connectivity index (χ0n) is 21.0. The van der Waals surface area contributed by atoms with Crippen molar-refractivity contribution in [2.24, 2.45) is 5.41 Å². The van der Waals surface area contributed by atoms with Gasteiger partial charge in [-0.25, -0.2) is 4.57 Å². The molecule has 0 bridgehead atoms. The molecule has 1 rings (SSSR count). The van der Waals surface area contributed by atoms with Gasteiger partial charge in [0.2, 0.25) is 11.8 Å². The van der Waals surface area contributed by atoms with Crippen LogP contribution >= 0.6 is 19.6 Å². The van der Waals surface area contributed by atoms with Crippen LogP contribution in [0.2, 0.25) is 0 Å². The Bertz CT molecular complexity index is 779. The second-order valence-corrected chi connectivity index (χ2v) is 11.1. The largest absolute Gasteiger partial charge is 0.475 e. The molecule has 0 aromatic carbocycles. The predicted molar refractivity (Wildman–Crippen MR) is 129 cm³/mol. The standard InChI is InChI=1S/C21H37N2O10PS/c1-6-29-17(25)13-15(20(27)30-7-2)35-12-11-22-16(24)9-10-23-19(26)18-21(4,5)14-32-34(28,33-18)31-8-3/h15,18H,6-14H2,1-5H3,(H,22,24)(H,23,26)/t15?,18-,34?/m0/s1. The molecule has 35 heavy (non-hydrogen) atoms. The van der Waals surface area contributed by atoms with Gasteiger partial charge in [0.1, 0.15) is 5.25 Å². The summed E-state index contributed by atoms with van der Waals surface area (Å²) in [6, 6.07) is 0. The summed E-state index contributed by atoms with van der Waals surface area (Å²) >= 11 is 1.19. The van der Waals surface area contributed by atoms with Crippen LogP contribution in [0.25, 0.3) is 0 Å². The molecular formula is C21H37N2O10PS. The molecule has 0 saturated carbocycles. The second kappa shape index (κ2) is 15.5. The summed E-state index contributed by atoms with van der Waals surface area (Å²) in [5.41, 5.74) is -0.742. The van der Waals surface area contributed by atoms with Crippen molar-refractivity contribution in [3.63, 3.8) is 0 Å². The first-order valence-corrected chi connectivity index (χ1v) is 14.0. The summed E-state index contributed by atoms with van der Waals surface area (Å²) in [4.78, 5) is 48.5. The maximum atomic E-state index is 12.6. The number of thioether (sulfide) groups is 1. The Morgan fingerprint density at radius 3 is 2.37 bits per heavy atom. The fraction of sp³-hybridized carbons (Fsp3) is 0.810. The molecule has 12 nitrogen and oxygen atoms in total. The first kappa shape index (κ1) is 31.4. The van der Waals surface area contributed by atoms with E-state index in [1.54, 1.807) is 34.6 Å². The van der Waals surface area contributed by atoms with Crippen molar-refractivity contribution in [3.05, 3.63) is 0 Å². The summed E-state index contributed by atoms with van der Waals surface area (Å²) in [5.74, 6) is -1.45. The van der Waals surface area contributed by atoms with E-state index in [2.05, 4.69) is 10.6 Å². The molecule has 0 aromatic heterocycles. The summed E-state index contributed by atoms with van der Waals surface area (Å²) < 4.78 is 37.9. The molecule has 202 valence electrons. The van der Waals surface area contributed by atoms with Crippen molar-refractivity contribution in [2.45, 2.75) is 58.8 Å². The van der Waals surface area contributed by atoms with Gasteiger partial charge in [-0.2, -0.15) is 0 Å². The third-order valence-corrected chi connectivity index (χ3v) is 7.36. The number of carbonyl (C=O) groups excluding carboxylic acids is 4. The molecular weight excluding hydrogens is 503 g/mol. The summed E-state index contributed by atoms with van der Waals surface area (Å²) in [5, 5.41) is 4.59. The van der Waals surface area contributed by atoms with Crippen molar-refractivity contribution >= 4 is 43.3 Å². The van der Waals surface area contributed by atoms with Crippen LogP contribution in [0.4, 0.5) is 0 Å². The number of hydrogen-bond donors (Lipinski definition) is 2. The average molecular weight is 541 g/mol. The molecule has 3 atom stereocenters. The van der Waals surface area contributed by atoms with Crippen LogP contribution in [0.1, 0.15) is 47.5 Å². The maximum Gasteiger partial charge on any atom is 0.475 e. The highest BCUT2D eigenvalue weighted by molar-refractivity contribution is 8.00. The lowest BCUT2D eigenvalue weighted by Gasteiger charge is -2.39. The van der Waals surface area contributed by atoms with E-state index in [1.807, 2.05) is 0 Å². The van der Waals surface area contributed by atoms with Crippen LogP contribution in [-0.2, 0) is 46.8 Å². The van der Waals surface area contributed by atoms with E-state index in [0.717, 1.165) is 0 Å². The Morgan fingerprint density at radius 1 is 1.06 bits per heavy atom. The monoisotopic (exact) mass is 540 g/mol. The zero-order chi connectivity index (χ0) is 26.5. The number of hydrogen-bond acceptors (Lipinski definition) is 11. The average Bonchev–Trinajstić information content (AvgIpc) is 2.78. The Labute approximate surface area is 210 Å². The number of esters is 2. The lowest BCUT2D eigenvalue weighted by Crippen LogP contribution is -2.50. The first-order chi connectivity index (χ1) is 16.5. The van der Waals surface area contributed by atoms with Crippen LogP contribution in [0, 0.1) is 5.41 Å². The molecule has 0 aromatic rings. The van der Waals surface area contributed by atoms with Crippen LogP contribution in [0.15, 0.2) is 0 Å². The highest BCUT2D eigenvalue weighted by Gasteiger charge is 2.48. The van der Waals surface area contributed by atoms with Gasteiger partial charge >= 0.3 is 19.8 Å². The highest BCUT2D eigenvalue weighted by atomic mass is 32.2. The Balaban J connectivity index is 2.41. The minimum Gasteiger partial charge on any atom is -0.466 e. The topological polar surface area (TPSA) is 156 Å². The third-order valence-electron chi connectivity index (χ3n) is 4.67. The molecule has 2 amide bonds. The number of carbonyl (C=O) groups is 4. The lowest BCUT2D eigenvalue weighted by molar-refractivity contribution is -0.149. The number of ether oxygens (including phenoxy) is 2. The summed E-state index contributed by atoms with van der Waals surface area (Å²) in [6.45, 7) is 9.30. The fourth-order valence-corrected chi connectivity index (χ4v) is 5.55. The molecule has 14 heteroatoms. The Kier molecular flexibility index (Phi) is 13.8. The van der Waals surface area contributed by atoms with Gasteiger partial charge in [0.05, 0.1) is 32.8 Å². The third kappa shape index (κ3) is 11.3. The van der Waals surface area contributed by atoms with Crippen molar-refractivity contribution in [3.8, 4) is 0 Å². The quantitative estimate of drug-likeness (QED) is 0.177. The van der Waals surface area contributed by atoms with Crippen LogP contribution in [0.3, 0.4) is 0 Å². The van der Waals surface area contributed by atoms with E-state index in [1.165, 1.54) is 11.8 Å². The van der Waals surface area contributed by atoms with Gasteiger partial charge in [0.15, 0.2) is 6.10 Å². The molecule has 1 heterocycles. The van der Waals surface area contributed by atoms with E-state index < -0.39 is 42.4 Å². The SMILES string of the molecule is CCOC(=O)CC(SCCNC(=O)CCNC(=O)[C@@H]1OP(=O)(OCC)OCC1(C)C)C(=O)OCC. The van der Waals surface area contributed by atoms with Gasteiger partial charge < -0.3 is 20.1 Å². The minimum absolute atomic E-state index is 0.00725. The van der Waals surface area contributed by atoms with Gasteiger partial charge in [-0.15, -0.1) is 11.8 Å². The van der Waals surface area contributed by atoms with Crippen LogP contribution in [0.5, 0.6) is 0 Å². The van der Waals surface area contributed by atoms with Gasteiger partial charge in [-0.05, 0) is 20.8 Å². The van der Waals surface area contributed by atoms with Crippen molar-refractivity contribution in [1.82, 2.24) is 10.6 Å². The number of nitrogens with one attached hydrogen (secondary N) is 2. The molecule has 0 radical (unpaired) electrons. The van der Waals surface area contributed by atoms with Crippen molar-refractivity contribution < 1.29 is 46.8 Å². The van der Waals surface area contributed by atoms with E-state index in [0.29, 0.717) is 5.75 Å². The van der Waals surface area contributed by atoms with Crippen LogP contribution < -0.4 is 10.6 Å². The van der Waals surface area contributed by atoms with Crippen LogP contribution in [-0.4, -0.2) is 80.4 Å².